The molecule has 0 aliphatic heterocycles. The molecular formula is C12H15F3N2O2S. The van der Waals surface area contributed by atoms with Crippen LogP contribution in [-0.4, -0.2) is 29.4 Å². The zero-order valence-corrected chi connectivity index (χ0v) is 12.3. The number of esters is 1. The van der Waals surface area contributed by atoms with Crippen molar-refractivity contribution >= 4 is 23.4 Å². The quantitative estimate of drug-likeness (QED) is 0.526. The molecule has 0 saturated carbocycles. The number of anilines is 1. The standard InChI is InChI=1S/C12H15F3N2O2S/c1-12(2,3)19-6(18)5-16-9-7(13)10(15)17-11(20-4)8(9)14/h5H2,1-4H3,(H,16,17). The van der Waals surface area contributed by atoms with Gasteiger partial charge in [0.1, 0.15) is 22.9 Å². The first-order valence-corrected chi connectivity index (χ1v) is 6.92. The highest BCUT2D eigenvalue weighted by Gasteiger charge is 2.22. The van der Waals surface area contributed by atoms with Crippen molar-refractivity contribution in [1.29, 1.82) is 0 Å². The van der Waals surface area contributed by atoms with Crippen molar-refractivity contribution in [1.82, 2.24) is 4.98 Å². The first kappa shape index (κ1) is 16.6. The molecule has 0 radical (unpaired) electrons. The van der Waals surface area contributed by atoms with Crippen LogP contribution in [0.4, 0.5) is 18.9 Å². The van der Waals surface area contributed by atoms with E-state index in [9.17, 15) is 18.0 Å². The maximum Gasteiger partial charge on any atom is 0.325 e. The molecule has 0 amide bonds. The number of pyridine rings is 1. The van der Waals surface area contributed by atoms with Gasteiger partial charge in [-0.3, -0.25) is 4.79 Å². The third-order valence-electron chi connectivity index (χ3n) is 2.03. The van der Waals surface area contributed by atoms with E-state index >= 15 is 0 Å². The molecule has 0 bridgehead atoms. The molecule has 0 unspecified atom stereocenters. The predicted molar refractivity (Wildman–Crippen MR) is 70.2 cm³/mol. The second-order valence-corrected chi connectivity index (χ2v) is 5.65. The van der Waals surface area contributed by atoms with E-state index in [-0.39, 0.29) is 5.03 Å². The summed E-state index contributed by atoms with van der Waals surface area (Å²) in [5, 5.41) is 1.91. The molecule has 1 rings (SSSR count). The summed E-state index contributed by atoms with van der Waals surface area (Å²) >= 11 is 0.828. The normalized spacial score (nSPS) is 11.3. The first-order valence-electron chi connectivity index (χ1n) is 5.70. The highest BCUT2D eigenvalue weighted by Crippen LogP contribution is 2.27. The Morgan fingerprint density at radius 3 is 2.40 bits per heavy atom. The highest BCUT2D eigenvalue weighted by molar-refractivity contribution is 7.98. The molecule has 0 spiro atoms. The number of carbonyl (C=O) groups excluding carboxylic acids is 1. The van der Waals surface area contributed by atoms with Crippen molar-refractivity contribution in [2.45, 2.75) is 31.4 Å². The second kappa shape index (κ2) is 6.34. The summed E-state index contributed by atoms with van der Waals surface area (Å²) in [5.41, 5.74) is -1.45. The van der Waals surface area contributed by atoms with Crippen molar-refractivity contribution in [3.8, 4) is 0 Å². The fraction of sp³-hybridized carbons (Fsp3) is 0.500. The Morgan fingerprint density at radius 2 is 1.90 bits per heavy atom. The Balaban J connectivity index is 2.88. The number of aromatic nitrogens is 1. The summed E-state index contributed by atoms with van der Waals surface area (Å²) in [6.45, 7) is 4.49. The summed E-state index contributed by atoms with van der Waals surface area (Å²) < 4.78 is 45.4. The molecule has 0 fully saturated rings. The number of hydrogen-bond donors (Lipinski definition) is 1. The van der Waals surface area contributed by atoms with Gasteiger partial charge in [-0.15, -0.1) is 11.8 Å². The second-order valence-electron chi connectivity index (χ2n) is 4.85. The molecule has 0 aliphatic rings. The number of nitrogens with zero attached hydrogens (tertiary/aromatic N) is 1. The summed E-state index contributed by atoms with van der Waals surface area (Å²) in [5.74, 6) is -4.65. The molecule has 4 nitrogen and oxygen atoms in total. The van der Waals surface area contributed by atoms with Gasteiger partial charge >= 0.3 is 5.97 Å². The Labute approximate surface area is 119 Å². The number of nitrogens with one attached hydrogen (secondary N) is 1. The number of carbonyl (C=O) groups is 1. The van der Waals surface area contributed by atoms with E-state index in [0.717, 1.165) is 11.8 Å². The minimum absolute atomic E-state index is 0.296. The highest BCUT2D eigenvalue weighted by atomic mass is 32.2. The van der Waals surface area contributed by atoms with Gasteiger partial charge in [-0.25, -0.2) is 9.37 Å². The summed E-state index contributed by atoms with van der Waals surface area (Å²) in [7, 11) is 0. The van der Waals surface area contributed by atoms with Crippen molar-refractivity contribution in [3.05, 3.63) is 17.6 Å². The lowest BCUT2D eigenvalue weighted by molar-refractivity contribution is -0.152. The van der Waals surface area contributed by atoms with Gasteiger partial charge in [-0.05, 0) is 27.0 Å². The molecule has 1 aromatic heterocycles. The first-order chi connectivity index (χ1) is 9.15. The average molecular weight is 308 g/mol. The van der Waals surface area contributed by atoms with Crippen LogP contribution in [0.25, 0.3) is 0 Å². The lowest BCUT2D eigenvalue weighted by Gasteiger charge is -2.20. The van der Waals surface area contributed by atoms with Crippen molar-refractivity contribution in [2.24, 2.45) is 0 Å². The monoisotopic (exact) mass is 308 g/mol. The van der Waals surface area contributed by atoms with E-state index in [2.05, 4.69) is 10.3 Å². The topological polar surface area (TPSA) is 51.2 Å². The van der Waals surface area contributed by atoms with E-state index in [0.29, 0.717) is 0 Å². The summed E-state index contributed by atoms with van der Waals surface area (Å²) in [6, 6.07) is 0. The molecule has 112 valence electrons. The molecule has 1 N–H and O–H groups in total. The fourth-order valence-corrected chi connectivity index (χ4v) is 1.78. The van der Waals surface area contributed by atoms with E-state index in [1.807, 2.05) is 0 Å². The van der Waals surface area contributed by atoms with Crippen LogP contribution < -0.4 is 5.32 Å². The van der Waals surface area contributed by atoms with Gasteiger partial charge in [0.2, 0.25) is 5.82 Å². The molecule has 20 heavy (non-hydrogen) atoms. The van der Waals surface area contributed by atoms with Gasteiger partial charge in [-0.1, -0.05) is 0 Å². The van der Waals surface area contributed by atoms with Crippen LogP contribution in [0.5, 0.6) is 0 Å². The average Bonchev–Trinajstić information content (AvgIpc) is 2.31. The van der Waals surface area contributed by atoms with E-state index in [1.165, 1.54) is 6.26 Å². The number of rotatable bonds is 4. The third-order valence-corrected chi connectivity index (χ3v) is 2.69. The van der Waals surface area contributed by atoms with Crippen molar-refractivity contribution < 1.29 is 22.7 Å². The van der Waals surface area contributed by atoms with Crippen LogP contribution in [-0.2, 0) is 9.53 Å². The molecule has 1 heterocycles. The predicted octanol–water partition coefficient (Wildman–Crippen LogP) is 2.97. The zero-order valence-electron chi connectivity index (χ0n) is 11.5. The summed E-state index contributed by atoms with van der Waals surface area (Å²) in [4.78, 5) is 14.6. The van der Waals surface area contributed by atoms with Gasteiger partial charge < -0.3 is 10.1 Å². The van der Waals surface area contributed by atoms with Gasteiger partial charge in [0.25, 0.3) is 5.95 Å². The zero-order chi connectivity index (χ0) is 15.5. The van der Waals surface area contributed by atoms with Crippen LogP contribution in [0.2, 0.25) is 0 Å². The maximum atomic E-state index is 13.8. The van der Waals surface area contributed by atoms with Crippen LogP contribution in [0.15, 0.2) is 5.03 Å². The number of hydrogen-bond acceptors (Lipinski definition) is 5. The molecule has 0 aliphatic carbocycles. The maximum absolute atomic E-state index is 13.8. The molecule has 0 saturated heterocycles. The van der Waals surface area contributed by atoms with Crippen LogP contribution in [0.3, 0.4) is 0 Å². The molecular weight excluding hydrogens is 293 g/mol. The molecule has 1 aromatic rings. The Morgan fingerprint density at radius 1 is 1.30 bits per heavy atom. The lowest BCUT2D eigenvalue weighted by Crippen LogP contribution is -2.28. The Bertz CT molecular complexity index is 518. The smallest absolute Gasteiger partial charge is 0.325 e. The largest absolute Gasteiger partial charge is 0.459 e. The van der Waals surface area contributed by atoms with Gasteiger partial charge in [-0.2, -0.15) is 8.78 Å². The fourth-order valence-electron chi connectivity index (χ4n) is 1.32. The molecule has 0 atom stereocenters. The SMILES string of the molecule is CSc1nc(F)c(F)c(NCC(=O)OC(C)(C)C)c1F. The van der Waals surface area contributed by atoms with Crippen molar-refractivity contribution in [2.75, 3.05) is 18.1 Å². The van der Waals surface area contributed by atoms with Crippen molar-refractivity contribution in [3.63, 3.8) is 0 Å². The summed E-state index contributed by atoms with van der Waals surface area (Å²) in [6.07, 6.45) is 1.47. The number of ether oxygens (including phenoxy) is 1. The van der Waals surface area contributed by atoms with Gasteiger partial charge in [0, 0.05) is 0 Å². The van der Waals surface area contributed by atoms with Gasteiger partial charge in [0.15, 0.2) is 5.82 Å². The Kier molecular flexibility index (Phi) is 5.27. The van der Waals surface area contributed by atoms with E-state index in [1.54, 1.807) is 20.8 Å². The minimum atomic E-state index is -1.47. The van der Waals surface area contributed by atoms with Crippen LogP contribution in [0, 0.1) is 17.6 Å². The molecule has 8 heteroatoms. The molecule has 0 aromatic carbocycles. The number of halogens is 3. The van der Waals surface area contributed by atoms with Gasteiger partial charge in [0.05, 0.1) is 0 Å². The van der Waals surface area contributed by atoms with Crippen LogP contribution in [0.1, 0.15) is 20.8 Å². The van der Waals surface area contributed by atoms with Crippen LogP contribution >= 0.6 is 11.8 Å². The number of thioether (sulfide) groups is 1. The minimum Gasteiger partial charge on any atom is -0.459 e. The third kappa shape index (κ3) is 4.29. The van der Waals surface area contributed by atoms with E-state index in [4.69, 9.17) is 4.74 Å². The Hall–Kier alpha value is -1.44. The lowest BCUT2D eigenvalue weighted by atomic mass is 10.2. The van der Waals surface area contributed by atoms with E-state index < -0.39 is 41.4 Å².